The van der Waals surface area contributed by atoms with Crippen molar-refractivity contribution >= 4 is 11.8 Å². The zero-order chi connectivity index (χ0) is 14.3. The maximum Gasteiger partial charge on any atom is 0.209 e. The van der Waals surface area contributed by atoms with Gasteiger partial charge in [-0.3, -0.25) is 5.73 Å². The molecule has 1 aliphatic heterocycles. The number of quaternary nitrogens is 1. The van der Waals surface area contributed by atoms with Crippen molar-refractivity contribution in [3.8, 4) is 0 Å². The van der Waals surface area contributed by atoms with Gasteiger partial charge in [-0.2, -0.15) is 0 Å². The summed E-state index contributed by atoms with van der Waals surface area (Å²) in [4.78, 5) is 15.2. The van der Waals surface area contributed by atoms with Crippen LogP contribution in [0.5, 0.6) is 0 Å². The number of unbranched alkanes of at least 4 members (excludes halogenated alkanes) is 1. The van der Waals surface area contributed by atoms with E-state index in [1.54, 1.807) is 19.3 Å². The third-order valence-corrected chi connectivity index (χ3v) is 3.33. The van der Waals surface area contributed by atoms with E-state index in [4.69, 9.17) is 5.73 Å². The Morgan fingerprint density at radius 1 is 1.58 bits per heavy atom. The molecular weight excluding hydrogens is 242 g/mol. The Bertz CT molecular complexity index is 399. The van der Waals surface area contributed by atoms with Gasteiger partial charge in [0.25, 0.3) is 0 Å². The minimum Gasteiger partial charge on any atom is -0.544 e. The first-order valence-corrected chi connectivity index (χ1v) is 6.75. The third-order valence-electron chi connectivity index (χ3n) is 3.33. The first kappa shape index (κ1) is 15.6. The molecule has 19 heavy (non-hydrogen) atoms. The van der Waals surface area contributed by atoms with Gasteiger partial charge >= 0.3 is 0 Å². The molecule has 0 aromatic rings. The Morgan fingerprint density at radius 2 is 2.32 bits per heavy atom. The summed E-state index contributed by atoms with van der Waals surface area (Å²) in [5, 5.41) is 10.9. The lowest BCUT2D eigenvalue weighted by Crippen LogP contribution is -2.60. The number of aliphatic imine (C=N–C) groups is 1. The van der Waals surface area contributed by atoms with Gasteiger partial charge in [-0.1, -0.05) is 19.1 Å². The number of carbonyl (C=O) groups excluding carboxylic acids is 1. The van der Waals surface area contributed by atoms with Crippen LogP contribution in [0.2, 0.25) is 0 Å². The summed E-state index contributed by atoms with van der Waals surface area (Å²) < 4.78 is 0.0832. The van der Waals surface area contributed by atoms with Crippen molar-refractivity contribution in [3.05, 3.63) is 24.6 Å². The zero-order valence-corrected chi connectivity index (χ0v) is 11.7. The molecule has 0 amide bonds. The van der Waals surface area contributed by atoms with Gasteiger partial charge in [0, 0.05) is 13.3 Å². The average molecular weight is 265 g/mol. The van der Waals surface area contributed by atoms with Crippen molar-refractivity contribution in [2.45, 2.75) is 45.7 Å². The normalized spacial score (nSPS) is 23.8. The highest BCUT2D eigenvalue weighted by atomic mass is 16.4. The zero-order valence-electron chi connectivity index (χ0n) is 11.7. The average Bonchev–Trinajstić information content (AvgIpc) is 2.72. The smallest absolute Gasteiger partial charge is 0.209 e. The van der Waals surface area contributed by atoms with E-state index in [0.717, 1.165) is 31.5 Å². The van der Waals surface area contributed by atoms with Crippen LogP contribution in [0.15, 0.2) is 29.5 Å². The molecule has 1 heterocycles. The molecule has 5 nitrogen and oxygen atoms in total. The summed E-state index contributed by atoms with van der Waals surface area (Å²) in [5.74, 6) is -0.300. The monoisotopic (exact) mass is 265 g/mol. The molecule has 106 valence electrons. The number of rotatable bonds is 8. The number of hydrogen-bond donors (Lipinski definition) is 1. The summed E-state index contributed by atoms with van der Waals surface area (Å²) in [6.45, 7) is 3.74. The van der Waals surface area contributed by atoms with Crippen molar-refractivity contribution in [2.24, 2.45) is 10.7 Å². The van der Waals surface area contributed by atoms with E-state index in [-0.39, 0.29) is 17.2 Å². The molecule has 0 saturated heterocycles. The summed E-state index contributed by atoms with van der Waals surface area (Å²) >= 11 is 0. The predicted octanol–water partition coefficient (Wildman–Crippen LogP) is 0.878. The highest BCUT2D eigenvalue weighted by molar-refractivity contribution is 5.81. The van der Waals surface area contributed by atoms with Crippen LogP contribution in [0.4, 0.5) is 0 Å². The molecule has 0 aromatic carbocycles. The topological polar surface area (TPSA) is 78.5 Å². The molecule has 0 saturated carbocycles. The number of amidine groups is 1. The lowest BCUT2D eigenvalue weighted by atomic mass is 10.1. The number of hydrogen-bond acceptors (Lipinski definition) is 4. The Balaban J connectivity index is 2.66. The third kappa shape index (κ3) is 4.01. The first-order valence-electron chi connectivity index (χ1n) is 6.75. The Labute approximate surface area is 114 Å². The van der Waals surface area contributed by atoms with Crippen LogP contribution in [0.1, 0.15) is 39.5 Å². The minimum absolute atomic E-state index is 0.0832. The van der Waals surface area contributed by atoms with Crippen molar-refractivity contribution in [3.63, 3.8) is 0 Å². The molecule has 0 bridgehead atoms. The van der Waals surface area contributed by atoms with Gasteiger partial charge in [-0.05, 0) is 19.3 Å². The highest BCUT2D eigenvalue weighted by Crippen LogP contribution is 2.22. The number of aliphatic carboxylic acids is 1. The summed E-state index contributed by atoms with van der Waals surface area (Å²) in [5.41, 5.74) is 5.96. The summed E-state index contributed by atoms with van der Waals surface area (Å²) in [6.07, 6.45) is 11.0. The highest BCUT2D eigenvalue weighted by Gasteiger charge is 2.38. The molecule has 0 spiro atoms. The SMILES string of the molecule is CC/C=C/CCCC1=NC=C[N+]1(CC(=O)[O-])C(C)N. The summed E-state index contributed by atoms with van der Waals surface area (Å²) in [6, 6.07) is 0. The molecule has 0 aromatic heterocycles. The number of carboxylic acid groups (broad SMARTS) is 1. The molecule has 2 N–H and O–H groups in total. The molecular formula is C14H23N3O2. The van der Waals surface area contributed by atoms with Crippen molar-refractivity contribution in [1.29, 1.82) is 0 Å². The van der Waals surface area contributed by atoms with Crippen LogP contribution >= 0.6 is 0 Å². The van der Waals surface area contributed by atoms with Crippen LogP contribution in [-0.4, -0.2) is 29.0 Å². The first-order chi connectivity index (χ1) is 9.03. The summed E-state index contributed by atoms with van der Waals surface area (Å²) in [7, 11) is 0. The van der Waals surface area contributed by atoms with Crippen LogP contribution in [0.25, 0.3) is 0 Å². The van der Waals surface area contributed by atoms with E-state index >= 15 is 0 Å². The van der Waals surface area contributed by atoms with Gasteiger partial charge in [-0.15, -0.1) is 0 Å². The molecule has 2 atom stereocenters. The van der Waals surface area contributed by atoms with Gasteiger partial charge in [0.15, 0.2) is 0 Å². The van der Waals surface area contributed by atoms with E-state index in [1.807, 2.05) is 0 Å². The molecule has 0 aliphatic carbocycles. The number of nitrogens with two attached hydrogens (primary N) is 1. The van der Waals surface area contributed by atoms with Gasteiger partial charge in [0.1, 0.15) is 18.9 Å². The fraction of sp³-hybridized carbons (Fsp3) is 0.571. The van der Waals surface area contributed by atoms with Crippen LogP contribution < -0.4 is 10.8 Å². The lowest BCUT2D eigenvalue weighted by molar-refractivity contribution is -0.808. The minimum atomic E-state index is -1.11. The Hall–Kier alpha value is -1.46. The van der Waals surface area contributed by atoms with E-state index < -0.39 is 5.97 Å². The van der Waals surface area contributed by atoms with Crippen molar-refractivity contribution in [1.82, 2.24) is 0 Å². The number of nitrogens with zero attached hydrogens (tertiary/aromatic N) is 2. The van der Waals surface area contributed by atoms with Gasteiger partial charge in [0.05, 0.1) is 12.2 Å². The lowest BCUT2D eigenvalue weighted by Gasteiger charge is -2.36. The van der Waals surface area contributed by atoms with E-state index in [9.17, 15) is 9.90 Å². The van der Waals surface area contributed by atoms with E-state index in [2.05, 4.69) is 24.1 Å². The standard InChI is InChI=1S/C14H23N3O2/c1-3-4-5-6-7-8-13-16-9-10-17(13,12(2)15)11-14(18)19/h4-5,9-10,12H,3,6-8,11,15H2,1-2H3/b5-4+. The largest absolute Gasteiger partial charge is 0.544 e. The number of carboxylic acids is 1. The second kappa shape index (κ2) is 7.21. The molecule has 2 unspecified atom stereocenters. The molecule has 5 heteroatoms. The van der Waals surface area contributed by atoms with Gasteiger partial charge in [0.2, 0.25) is 5.84 Å². The maximum atomic E-state index is 10.9. The van der Waals surface area contributed by atoms with Crippen molar-refractivity contribution < 1.29 is 14.4 Å². The second-order valence-electron chi connectivity index (χ2n) is 4.82. The van der Waals surface area contributed by atoms with Crippen LogP contribution in [0, 0.1) is 0 Å². The quantitative estimate of drug-likeness (QED) is 0.402. The molecule has 0 fully saturated rings. The maximum absolute atomic E-state index is 10.9. The van der Waals surface area contributed by atoms with E-state index in [0.29, 0.717) is 0 Å². The van der Waals surface area contributed by atoms with Crippen LogP contribution in [-0.2, 0) is 4.79 Å². The number of allylic oxidation sites excluding steroid dienone is 2. The molecule has 0 radical (unpaired) electrons. The molecule has 1 rings (SSSR count). The Kier molecular flexibility index (Phi) is 5.92. The number of carbonyl (C=O) groups is 1. The van der Waals surface area contributed by atoms with E-state index in [1.165, 1.54) is 0 Å². The van der Waals surface area contributed by atoms with Crippen molar-refractivity contribution in [2.75, 3.05) is 6.54 Å². The Morgan fingerprint density at radius 3 is 2.89 bits per heavy atom. The van der Waals surface area contributed by atoms with Gasteiger partial charge in [-0.25, -0.2) is 9.48 Å². The van der Waals surface area contributed by atoms with Gasteiger partial charge < -0.3 is 9.90 Å². The fourth-order valence-electron chi connectivity index (χ4n) is 2.24. The van der Waals surface area contributed by atoms with Crippen LogP contribution in [0.3, 0.4) is 0 Å². The second-order valence-corrected chi connectivity index (χ2v) is 4.82. The molecule has 1 aliphatic rings. The predicted molar refractivity (Wildman–Crippen MR) is 73.6 cm³/mol. The fourth-order valence-corrected chi connectivity index (χ4v) is 2.24.